The summed E-state index contributed by atoms with van der Waals surface area (Å²) in [5.74, 6) is -0.364. The Balaban J connectivity index is 2.20. The number of carbonyl (C=O) groups is 2. The van der Waals surface area contributed by atoms with E-state index in [0.717, 1.165) is 28.1 Å². The molecule has 0 heterocycles. The monoisotopic (exact) mass is 310 g/mol. The maximum absolute atomic E-state index is 12.4. The number of nitrogens with zero attached hydrogens (tertiary/aromatic N) is 1. The normalized spacial score (nSPS) is 10.3. The van der Waals surface area contributed by atoms with Crippen LogP contribution in [0.15, 0.2) is 42.5 Å². The number of hydrogen-bond donors (Lipinski definition) is 1. The number of benzene rings is 2. The molecule has 0 atom stereocenters. The largest absolute Gasteiger partial charge is 0.324 e. The van der Waals surface area contributed by atoms with Gasteiger partial charge >= 0.3 is 0 Å². The van der Waals surface area contributed by atoms with Gasteiger partial charge in [0.25, 0.3) is 0 Å². The van der Waals surface area contributed by atoms with Crippen LogP contribution >= 0.6 is 0 Å². The molecule has 0 saturated carbocycles. The molecule has 2 aromatic carbocycles. The van der Waals surface area contributed by atoms with Gasteiger partial charge in [0.2, 0.25) is 11.8 Å². The Hall–Kier alpha value is -2.62. The lowest BCUT2D eigenvalue weighted by atomic mass is 10.1. The molecule has 23 heavy (non-hydrogen) atoms. The molecule has 0 unspecified atom stereocenters. The lowest BCUT2D eigenvalue weighted by molar-refractivity contribution is -0.120. The zero-order valence-corrected chi connectivity index (χ0v) is 14.0. The molecule has 120 valence electrons. The summed E-state index contributed by atoms with van der Waals surface area (Å²) in [6, 6.07) is 13.4. The summed E-state index contributed by atoms with van der Waals surface area (Å²) < 4.78 is 0. The average molecular weight is 310 g/mol. The van der Waals surface area contributed by atoms with E-state index in [4.69, 9.17) is 0 Å². The van der Waals surface area contributed by atoms with Gasteiger partial charge in [0.1, 0.15) is 6.54 Å². The third-order valence-electron chi connectivity index (χ3n) is 3.83. The van der Waals surface area contributed by atoms with Crippen LogP contribution in [0, 0.1) is 20.8 Å². The maximum atomic E-state index is 12.4. The van der Waals surface area contributed by atoms with Gasteiger partial charge < -0.3 is 10.2 Å². The molecule has 2 rings (SSSR count). The highest BCUT2D eigenvalue weighted by atomic mass is 16.2. The molecule has 2 amide bonds. The van der Waals surface area contributed by atoms with Crippen molar-refractivity contribution in [2.45, 2.75) is 27.7 Å². The van der Waals surface area contributed by atoms with Gasteiger partial charge in [-0.15, -0.1) is 0 Å². The molecule has 0 spiro atoms. The molecule has 0 aromatic heterocycles. The molecule has 2 aromatic rings. The summed E-state index contributed by atoms with van der Waals surface area (Å²) in [5.41, 5.74) is 4.54. The molecule has 0 aliphatic heterocycles. The Bertz CT molecular complexity index is 718. The first-order valence-corrected chi connectivity index (χ1v) is 7.60. The van der Waals surface area contributed by atoms with E-state index in [1.54, 1.807) is 0 Å². The van der Waals surface area contributed by atoms with E-state index < -0.39 is 0 Å². The fourth-order valence-corrected chi connectivity index (χ4v) is 2.57. The summed E-state index contributed by atoms with van der Waals surface area (Å²) in [6.45, 7) is 7.29. The van der Waals surface area contributed by atoms with Crippen molar-refractivity contribution in [2.75, 3.05) is 16.8 Å². The lowest BCUT2D eigenvalue weighted by Crippen LogP contribution is -2.37. The first-order chi connectivity index (χ1) is 10.9. The predicted molar refractivity (Wildman–Crippen MR) is 93.8 cm³/mol. The van der Waals surface area contributed by atoms with Crippen LogP contribution in [0.1, 0.15) is 23.6 Å². The number of aryl methyl sites for hydroxylation is 3. The van der Waals surface area contributed by atoms with Crippen LogP contribution in [0.5, 0.6) is 0 Å². The highest BCUT2D eigenvalue weighted by molar-refractivity contribution is 6.02. The van der Waals surface area contributed by atoms with Gasteiger partial charge in [0.05, 0.1) is 0 Å². The molecule has 0 aliphatic carbocycles. The van der Waals surface area contributed by atoms with Crippen LogP contribution in [0.25, 0.3) is 0 Å². The summed E-state index contributed by atoms with van der Waals surface area (Å²) in [6.07, 6.45) is 0. The van der Waals surface area contributed by atoms with Crippen molar-refractivity contribution in [3.63, 3.8) is 0 Å². The van der Waals surface area contributed by atoms with Gasteiger partial charge in [-0.3, -0.25) is 9.59 Å². The lowest BCUT2D eigenvalue weighted by Gasteiger charge is -2.23. The number of para-hydroxylation sites is 2. The molecular formula is C19H22N2O2. The zero-order chi connectivity index (χ0) is 17.0. The van der Waals surface area contributed by atoms with Crippen molar-refractivity contribution in [1.29, 1.82) is 0 Å². The van der Waals surface area contributed by atoms with Crippen molar-refractivity contribution >= 4 is 23.2 Å². The van der Waals surface area contributed by atoms with Gasteiger partial charge in [-0.2, -0.15) is 0 Å². The SMILES string of the molecule is CC(=O)N(CC(=O)Nc1c(C)cccc1C)c1ccccc1C. The second-order valence-corrected chi connectivity index (χ2v) is 5.71. The van der Waals surface area contributed by atoms with E-state index in [0.29, 0.717) is 0 Å². The van der Waals surface area contributed by atoms with Crippen LogP contribution in [0.2, 0.25) is 0 Å². The quantitative estimate of drug-likeness (QED) is 0.938. The Kier molecular flexibility index (Phi) is 5.16. The maximum Gasteiger partial charge on any atom is 0.244 e. The number of hydrogen-bond acceptors (Lipinski definition) is 2. The minimum Gasteiger partial charge on any atom is -0.324 e. The van der Waals surface area contributed by atoms with Crippen LogP contribution < -0.4 is 10.2 Å². The van der Waals surface area contributed by atoms with E-state index in [1.807, 2.05) is 63.2 Å². The Morgan fingerprint density at radius 3 is 2.04 bits per heavy atom. The van der Waals surface area contributed by atoms with Crippen molar-refractivity contribution in [2.24, 2.45) is 0 Å². The first kappa shape index (κ1) is 16.7. The van der Waals surface area contributed by atoms with E-state index in [2.05, 4.69) is 5.32 Å². The van der Waals surface area contributed by atoms with Gasteiger partial charge in [-0.05, 0) is 43.5 Å². The zero-order valence-electron chi connectivity index (χ0n) is 14.0. The smallest absolute Gasteiger partial charge is 0.244 e. The standard InChI is InChI=1S/C19H22N2O2/c1-13-8-5-6-11-17(13)21(16(4)22)12-18(23)20-19-14(2)9-7-10-15(19)3/h5-11H,12H2,1-4H3,(H,20,23). The van der Waals surface area contributed by atoms with E-state index >= 15 is 0 Å². The highest BCUT2D eigenvalue weighted by Gasteiger charge is 2.18. The molecule has 1 N–H and O–H groups in total. The van der Waals surface area contributed by atoms with Crippen molar-refractivity contribution in [3.8, 4) is 0 Å². The number of nitrogens with one attached hydrogen (secondary N) is 1. The highest BCUT2D eigenvalue weighted by Crippen LogP contribution is 2.21. The average Bonchev–Trinajstić information content (AvgIpc) is 2.49. The third-order valence-corrected chi connectivity index (χ3v) is 3.83. The van der Waals surface area contributed by atoms with E-state index in [-0.39, 0.29) is 18.4 Å². The molecule has 4 heteroatoms. The number of carbonyl (C=O) groups excluding carboxylic acids is 2. The van der Waals surface area contributed by atoms with Gasteiger partial charge in [0, 0.05) is 18.3 Å². The molecule has 0 fully saturated rings. The summed E-state index contributed by atoms with van der Waals surface area (Å²) in [7, 11) is 0. The molecule has 0 bridgehead atoms. The predicted octanol–water partition coefficient (Wildman–Crippen LogP) is 3.60. The third kappa shape index (κ3) is 3.97. The van der Waals surface area contributed by atoms with Gasteiger partial charge in [-0.25, -0.2) is 0 Å². The first-order valence-electron chi connectivity index (χ1n) is 7.60. The summed E-state index contributed by atoms with van der Waals surface area (Å²) in [4.78, 5) is 25.9. The van der Waals surface area contributed by atoms with Crippen molar-refractivity contribution in [3.05, 3.63) is 59.2 Å². The number of amides is 2. The molecule has 4 nitrogen and oxygen atoms in total. The molecule has 0 radical (unpaired) electrons. The van der Waals surface area contributed by atoms with E-state index in [1.165, 1.54) is 11.8 Å². The van der Waals surface area contributed by atoms with E-state index in [9.17, 15) is 9.59 Å². The number of anilines is 2. The minimum atomic E-state index is -0.208. The summed E-state index contributed by atoms with van der Waals surface area (Å²) in [5, 5.41) is 2.92. The van der Waals surface area contributed by atoms with Gasteiger partial charge in [0.15, 0.2) is 0 Å². The van der Waals surface area contributed by atoms with Crippen LogP contribution in [0.4, 0.5) is 11.4 Å². The fourth-order valence-electron chi connectivity index (χ4n) is 2.57. The van der Waals surface area contributed by atoms with Crippen molar-refractivity contribution < 1.29 is 9.59 Å². The van der Waals surface area contributed by atoms with Crippen molar-refractivity contribution in [1.82, 2.24) is 0 Å². The minimum absolute atomic E-state index is 0.00599. The second-order valence-electron chi connectivity index (χ2n) is 5.71. The Morgan fingerprint density at radius 1 is 0.913 bits per heavy atom. The Morgan fingerprint density at radius 2 is 1.48 bits per heavy atom. The van der Waals surface area contributed by atoms with Crippen LogP contribution in [0.3, 0.4) is 0 Å². The fraction of sp³-hybridized carbons (Fsp3) is 0.263. The topological polar surface area (TPSA) is 49.4 Å². The van der Waals surface area contributed by atoms with Crippen LogP contribution in [-0.4, -0.2) is 18.4 Å². The molecular weight excluding hydrogens is 288 g/mol. The number of rotatable bonds is 4. The molecule has 0 saturated heterocycles. The molecule has 0 aliphatic rings. The Labute approximate surface area is 137 Å². The van der Waals surface area contributed by atoms with Gasteiger partial charge in [-0.1, -0.05) is 36.4 Å². The van der Waals surface area contributed by atoms with Crippen LogP contribution in [-0.2, 0) is 9.59 Å². The summed E-state index contributed by atoms with van der Waals surface area (Å²) >= 11 is 0. The second kappa shape index (κ2) is 7.09.